The van der Waals surface area contributed by atoms with Gasteiger partial charge in [0.2, 0.25) is 0 Å². The maximum absolute atomic E-state index is 12.6. The van der Waals surface area contributed by atoms with Crippen LogP contribution >= 0.6 is 11.8 Å². The summed E-state index contributed by atoms with van der Waals surface area (Å²) >= 11 is 1.42. The Balaban J connectivity index is 1.93. The van der Waals surface area contributed by atoms with Gasteiger partial charge in [-0.25, -0.2) is 4.99 Å². The van der Waals surface area contributed by atoms with Gasteiger partial charge in [-0.15, -0.1) is 0 Å². The van der Waals surface area contributed by atoms with Gasteiger partial charge >= 0.3 is 0 Å². The Kier molecular flexibility index (Phi) is 4.88. The second-order valence-corrected chi connectivity index (χ2v) is 6.09. The van der Waals surface area contributed by atoms with Crippen LogP contribution in [0.15, 0.2) is 64.8 Å². The molecule has 0 aliphatic carbocycles. The average Bonchev–Trinajstić information content (AvgIpc) is 2.86. The van der Waals surface area contributed by atoms with Crippen molar-refractivity contribution in [3.05, 3.63) is 65.3 Å². The molecule has 0 radical (unpaired) electrons. The molecule has 1 aromatic heterocycles. The number of para-hydroxylation sites is 1. The predicted molar refractivity (Wildman–Crippen MR) is 95.3 cm³/mol. The number of hydrogen-bond donors (Lipinski definition) is 0. The first-order valence-electron chi connectivity index (χ1n) is 7.53. The lowest BCUT2D eigenvalue weighted by Crippen LogP contribution is -2.29. The van der Waals surface area contributed by atoms with Crippen LogP contribution in [0.4, 0.5) is 5.69 Å². The summed E-state index contributed by atoms with van der Waals surface area (Å²) in [5.74, 6) is 0.0170. The van der Waals surface area contributed by atoms with Gasteiger partial charge in [0.05, 0.1) is 10.6 Å². The van der Waals surface area contributed by atoms with Crippen molar-refractivity contribution in [1.29, 1.82) is 0 Å². The number of benzene rings is 1. The van der Waals surface area contributed by atoms with Crippen LogP contribution in [0.3, 0.4) is 0 Å². The van der Waals surface area contributed by atoms with Gasteiger partial charge in [0.1, 0.15) is 0 Å². The van der Waals surface area contributed by atoms with Crippen LogP contribution in [0, 0.1) is 0 Å². The quantitative estimate of drug-likeness (QED) is 0.796. The second kappa shape index (κ2) is 7.24. The summed E-state index contributed by atoms with van der Waals surface area (Å²) in [6, 6.07) is 13.5. The minimum Gasteiger partial charge on any atom is -0.286 e. The second-order valence-electron chi connectivity index (χ2n) is 5.08. The Morgan fingerprint density at radius 2 is 1.91 bits per heavy atom. The molecule has 0 atom stereocenters. The third-order valence-electron chi connectivity index (χ3n) is 3.32. The zero-order valence-corrected chi connectivity index (χ0v) is 13.7. The molecule has 2 aromatic rings. The molecule has 0 spiro atoms. The van der Waals surface area contributed by atoms with Gasteiger partial charge in [0.15, 0.2) is 5.17 Å². The summed E-state index contributed by atoms with van der Waals surface area (Å²) in [6.45, 7) is 2.73. The van der Waals surface area contributed by atoms with E-state index in [1.807, 2.05) is 48.5 Å². The van der Waals surface area contributed by atoms with Gasteiger partial charge in [0.25, 0.3) is 5.91 Å². The van der Waals surface area contributed by atoms with E-state index in [4.69, 9.17) is 0 Å². The Bertz CT molecular complexity index is 741. The van der Waals surface area contributed by atoms with Crippen LogP contribution in [0.1, 0.15) is 18.9 Å². The van der Waals surface area contributed by atoms with E-state index in [0.717, 1.165) is 22.8 Å². The molecule has 1 aliphatic heterocycles. The molecule has 5 heteroatoms. The number of amidine groups is 1. The number of rotatable bonds is 4. The summed E-state index contributed by atoms with van der Waals surface area (Å²) in [6.07, 6.45) is 6.23. The zero-order valence-electron chi connectivity index (χ0n) is 12.8. The molecule has 1 saturated heterocycles. The largest absolute Gasteiger partial charge is 0.286 e. The Hall–Kier alpha value is -2.40. The minimum absolute atomic E-state index is 0.0170. The monoisotopic (exact) mass is 323 g/mol. The molecule has 116 valence electrons. The number of amides is 1. The molecule has 1 fully saturated rings. The van der Waals surface area contributed by atoms with Crippen LogP contribution in [-0.4, -0.2) is 27.5 Å². The number of thioether (sulfide) groups is 1. The molecular formula is C18H17N3OS. The molecule has 3 rings (SSSR count). The van der Waals surface area contributed by atoms with E-state index in [2.05, 4.69) is 16.9 Å². The standard InChI is InChI=1S/C18H17N3OS/c1-2-12-21-17(22)16(13-14-8-10-19-11-9-14)23-18(21)20-15-6-4-3-5-7-15/h3-11,13H,2,12H2,1H3/b16-13-,20-18?. The number of carbonyl (C=O) groups excluding carboxylic acids is 1. The van der Waals surface area contributed by atoms with Crippen molar-refractivity contribution in [3.8, 4) is 0 Å². The molecule has 4 nitrogen and oxygen atoms in total. The van der Waals surface area contributed by atoms with Gasteiger partial charge in [0, 0.05) is 18.9 Å². The van der Waals surface area contributed by atoms with E-state index in [-0.39, 0.29) is 5.91 Å². The SMILES string of the molecule is CCCN1C(=O)/C(=C/c2ccncc2)SC1=Nc1ccccc1. The van der Waals surface area contributed by atoms with Crippen molar-refractivity contribution in [3.63, 3.8) is 0 Å². The lowest BCUT2D eigenvalue weighted by atomic mass is 10.2. The van der Waals surface area contributed by atoms with Crippen molar-refractivity contribution in [2.75, 3.05) is 6.54 Å². The molecule has 23 heavy (non-hydrogen) atoms. The van der Waals surface area contributed by atoms with E-state index < -0.39 is 0 Å². The van der Waals surface area contributed by atoms with E-state index in [0.29, 0.717) is 11.4 Å². The van der Waals surface area contributed by atoms with Crippen LogP contribution in [-0.2, 0) is 4.79 Å². The number of pyridine rings is 1. The molecule has 1 aromatic carbocycles. The van der Waals surface area contributed by atoms with E-state index in [9.17, 15) is 4.79 Å². The maximum Gasteiger partial charge on any atom is 0.266 e. The number of carbonyl (C=O) groups is 1. The van der Waals surface area contributed by atoms with E-state index in [1.165, 1.54) is 11.8 Å². The van der Waals surface area contributed by atoms with E-state index >= 15 is 0 Å². The third kappa shape index (κ3) is 3.68. The number of aromatic nitrogens is 1. The number of nitrogens with zero attached hydrogens (tertiary/aromatic N) is 3. The van der Waals surface area contributed by atoms with Gasteiger partial charge in [-0.2, -0.15) is 0 Å². The molecule has 0 bridgehead atoms. The molecule has 0 N–H and O–H groups in total. The van der Waals surface area contributed by atoms with Crippen molar-refractivity contribution in [2.24, 2.45) is 4.99 Å². The lowest BCUT2D eigenvalue weighted by molar-refractivity contribution is -0.122. The highest BCUT2D eigenvalue weighted by atomic mass is 32.2. The van der Waals surface area contributed by atoms with Gasteiger partial charge in [-0.1, -0.05) is 25.1 Å². The fourth-order valence-electron chi connectivity index (χ4n) is 2.24. The van der Waals surface area contributed by atoms with Gasteiger partial charge in [-0.05, 0) is 54.1 Å². The minimum atomic E-state index is 0.0170. The third-order valence-corrected chi connectivity index (χ3v) is 4.33. The summed E-state index contributed by atoms with van der Waals surface area (Å²) in [7, 11) is 0. The Morgan fingerprint density at radius 3 is 2.61 bits per heavy atom. The first-order chi connectivity index (χ1) is 11.3. The van der Waals surface area contributed by atoms with Crippen molar-refractivity contribution >= 4 is 34.6 Å². The molecular weight excluding hydrogens is 306 g/mol. The Labute approximate surface area is 140 Å². The van der Waals surface area contributed by atoms with E-state index in [1.54, 1.807) is 17.3 Å². The van der Waals surface area contributed by atoms with Crippen LogP contribution < -0.4 is 0 Å². The molecule has 0 unspecified atom stereocenters. The molecule has 2 heterocycles. The van der Waals surface area contributed by atoms with Crippen molar-refractivity contribution < 1.29 is 4.79 Å². The first-order valence-corrected chi connectivity index (χ1v) is 8.35. The highest BCUT2D eigenvalue weighted by Gasteiger charge is 2.32. The first kappa shape index (κ1) is 15.5. The Morgan fingerprint density at radius 1 is 1.17 bits per heavy atom. The summed E-state index contributed by atoms with van der Waals surface area (Å²) in [4.78, 5) is 23.7. The highest BCUT2D eigenvalue weighted by Crippen LogP contribution is 2.34. The normalized spacial score (nSPS) is 18.1. The van der Waals surface area contributed by atoms with Crippen LogP contribution in [0.2, 0.25) is 0 Å². The fourth-order valence-corrected chi connectivity index (χ4v) is 3.26. The number of hydrogen-bond acceptors (Lipinski definition) is 4. The zero-order chi connectivity index (χ0) is 16.1. The average molecular weight is 323 g/mol. The fraction of sp³-hybridized carbons (Fsp3) is 0.167. The smallest absolute Gasteiger partial charge is 0.266 e. The lowest BCUT2D eigenvalue weighted by Gasteiger charge is -2.13. The highest BCUT2D eigenvalue weighted by molar-refractivity contribution is 8.18. The summed E-state index contributed by atoms with van der Waals surface area (Å²) < 4.78 is 0. The topological polar surface area (TPSA) is 45.6 Å². The van der Waals surface area contributed by atoms with Gasteiger partial charge < -0.3 is 0 Å². The molecule has 1 aliphatic rings. The summed E-state index contributed by atoms with van der Waals surface area (Å²) in [5, 5.41) is 0.739. The summed E-state index contributed by atoms with van der Waals surface area (Å²) in [5.41, 5.74) is 1.82. The maximum atomic E-state index is 12.6. The van der Waals surface area contributed by atoms with Crippen LogP contribution in [0.25, 0.3) is 6.08 Å². The van der Waals surface area contributed by atoms with Crippen molar-refractivity contribution in [1.82, 2.24) is 9.88 Å². The molecule has 1 amide bonds. The van der Waals surface area contributed by atoms with Gasteiger partial charge in [-0.3, -0.25) is 14.7 Å². The predicted octanol–water partition coefficient (Wildman–Crippen LogP) is 4.10. The van der Waals surface area contributed by atoms with Crippen LogP contribution in [0.5, 0.6) is 0 Å². The molecule has 0 saturated carbocycles. The van der Waals surface area contributed by atoms with Crippen molar-refractivity contribution in [2.45, 2.75) is 13.3 Å². The number of aliphatic imine (C=N–C) groups is 1.